The maximum Gasteiger partial charge on any atom is 0.224 e. The molecule has 2 N–H and O–H groups in total. The molecular weight excluding hydrogens is 288 g/mol. The summed E-state index contributed by atoms with van der Waals surface area (Å²) in [6.07, 6.45) is 7.58. The number of nitrogens with one attached hydrogen (secondary N) is 2. The molecule has 0 spiro atoms. The molecule has 5 nitrogen and oxygen atoms in total. The number of benzene rings is 1. The van der Waals surface area contributed by atoms with Gasteiger partial charge in [-0.2, -0.15) is 10.5 Å². The Hall–Kier alpha value is -2.79. The summed E-state index contributed by atoms with van der Waals surface area (Å²) in [4.78, 5) is 12.1. The second kappa shape index (κ2) is 8.60. The number of allylic oxidation sites excluding steroid dienone is 1. The Morgan fingerprint density at radius 1 is 1.13 bits per heavy atom. The molecule has 1 amide bonds. The van der Waals surface area contributed by atoms with Gasteiger partial charge < -0.3 is 10.6 Å². The van der Waals surface area contributed by atoms with Crippen LogP contribution in [-0.4, -0.2) is 11.9 Å². The molecule has 0 bridgehead atoms. The van der Waals surface area contributed by atoms with Crippen LogP contribution in [-0.2, 0) is 11.2 Å². The van der Waals surface area contributed by atoms with Crippen molar-refractivity contribution in [2.45, 2.75) is 44.6 Å². The Morgan fingerprint density at radius 2 is 1.78 bits per heavy atom. The van der Waals surface area contributed by atoms with Crippen LogP contribution in [0.15, 0.2) is 36.0 Å². The Kier molecular flexibility index (Phi) is 6.20. The largest absolute Gasteiger partial charge is 0.360 e. The van der Waals surface area contributed by atoms with E-state index in [0.29, 0.717) is 12.5 Å². The van der Waals surface area contributed by atoms with Crippen molar-refractivity contribution >= 4 is 11.6 Å². The number of amides is 1. The van der Waals surface area contributed by atoms with Gasteiger partial charge in [-0.05, 0) is 30.5 Å². The van der Waals surface area contributed by atoms with Crippen molar-refractivity contribution in [3.8, 4) is 12.1 Å². The average molecular weight is 308 g/mol. The van der Waals surface area contributed by atoms with Crippen LogP contribution in [0.5, 0.6) is 0 Å². The quantitative estimate of drug-likeness (QED) is 0.818. The summed E-state index contributed by atoms with van der Waals surface area (Å²) in [6, 6.07) is 11.3. The van der Waals surface area contributed by atoms with Crippen LogP contribution in [0, 0.1) is 22.7 Å². The summed E-state index contributed by atoms with van der Waals surface area (Å²) in [6.45, 7) is 0. The summed E-state index contributed by atoms with van der Waals surface area (Å²) in [5.74, 6) is 0.0637. The van der Waals surface area contributed by atoms with Crippen LogP contribution >= 0.6 is 0 Å². The second-order valence-corrected chi connectivity index (χ2v) is 5.70. The molecule has 1 aromatic rings. The zero-order chi connectivity index (χ0) is 16.5. The van der Waals surface area contributed by atoms with Gasteiger partial charge in [-0.3, -0.25) is 4.79 Å². The number of nitriles is 2. The minimum atomic E-state index is 0.0148. The Labute approximate surface area is 136 Å². The summed E-state index contributed by atoms with van der Waals surface area (Å²) in [5, 5.41) is 23.3. The van der Waals surface area contributed by atoms with E-state index < -0.39 is 0 Å². The molecule has 1 fully saturated rings. The lowest BCUT2D eigenvalue weighted by Gasteiger charge is -2.22. The molecule has 5 heteroatoms. The molecule has 1 aromatic carbocycles. The van der Waals surface area contributed by atoms with Crippen molar-refractivity contribution in [3.05, 3.63) is 41.6 Å². The molecule has 0 unspecified atom stereocenters. The third-order valence-electron chi connectivity index (χ3n) is 3.91. The Bertz CT molecular complexity index is 627. The SMILES string of the molecule is N#CC(C#N)=CNc1ccc(CC(=O)NC2CCCCC2)cc1. The smallest absolute Gasteiger partial charge is 0.224 e. The van der Waals surface area contributed by atoms with Gasteiger partial charge in [0.25, 0.3) is 0 Å². The molecule has 0 heterocycles. The summed E-state index contributed by atoms with van der Waals surface area (Å²) in [7, 11) is 0. The van der Waals surface area contributed by atoms with Crippen LogP contribution in [0.1, 0.15) is 37.7 Å². The van der Waals surface area contributed by atoms with Gasteiger partial charge in [0.15, 0.2) is 0 Å². The van der Waals surface area contributed by atoms with Crippen LogP contribution in [0.3, 0.4) is 0 Å². The predicted molar refractivity (Wildman–Crippen MR) is 88.1 cm³/mol. The van der Waals surface area contributed by atoms with Gasteiger partial charge in [0, 0.05) is 17.9 Å². The first-order chi connectivity index (χ1) is 11.2. The minimum Gasteiger partial charge on any atom is -0.360 e. The van der Waals surface area contributed by atoms with E-state index in [-0.39, 0.29) is 11.5 Å². The zero-order valence-corrected chi connectivity index (χ0v) is 13.0. The molecule has 1 aliphatic rings. The van der Waals surface area contributed by atoms with Crippen LogP contribution in [0.4, 0.5) is 5.69 Å². The average Bonchev–Trinajstić information content (AvgIpc) is 2.58. The molecule has 1 saturated carbocycles. The summed E-state index contributed by atoms with van der Waals surface area (Å²) in [5.41, 5.74) is 1.72. The number of hydrogen-bond acceptors (Lipinski definition) is 4. The van der Waals surface area contributed by atoms with Crippen molar-refractivity contribution < 1.29 is 4.79 Å². The molecule has 0 atom stereocenters. The summed E-state index contributed by atoms with van der Waals surface area (Å²) < 4.78 is 0. The van der Waals surface area contributed by atoms with E-state index in [0.717, 1.165) is 24.1 Å². The van der Waals surface area contributed by atoms with Crippen LogP contribution < -0.4 is 10.6 Å². The second-order valence-electron chi connectivity index (χ2n) is 5.70. The predicted octanol–water partition coefficient (Wildman–Crippen LogP) is 3.02. The highest BCUT2D eigenvalue weighted by atomic mass is 16.1. The Balaban J connectivity index is 1.85. The first-order valence-electron chi connectivity index (χ1n) is 7.86. The normalized spacial score (nSPS) is 14.2. The molecule has 2 rings (SSSR count). The molecule has 23 heavy (non-hydrogen) atoms. The number of rotatable bonds is 5. The van der Waals surface area contributed by atoms with Gasteiger partial charge in [-0.15, -0.1) is 0 Å². The third-order valence-corrected chi connectivity index (χ3v) is 3.91. The highest BCUT2D eigenvalue weighted by molar-refractivity contribution is 5.79. The first-order valence-corrected chi connectivity index (χ1v) is 7.86. The lowest BCUT2D eigenvalue weighted by Crippen LogP contribution is -2.37. The lowest BCUT2D eigenvalue weighted by atomic mass is 9.95. The van der Waals surface area contributed by atoms with Gasteiger partial charge >= 0.3 is 0 Å². The van der Waals surface area contributed by atoms with Gasteiger partial charge in [0.1, 0.15) is 17.7 Å². The molecule has 0 radical (unpaired) electrons. The van der Waals surface area contributed by atoms with E-state index in [1.807, 2.05) is 24.3 Å². The fourth-order valence-electron chi connectivity index (χ4n) is 2.67. The number of carbonyl (C=O) groups excluding carboxylic acids is 1. The maximum absolute atomic E-state index is 12.1. The fraction of sp³-hybridized carbons (Fsp3) is 0.389. The summed E-state index contributed by atoms with van der Waals surface area (Å²) >= 11 is 0. The standard InChI is InChI=1S/C18H20N4O/c19-11-15(12-20)13-21-16-8-6-14(7-9-16)10-18(23)22-17-4-2-1-3-5-17/h6-9,13,17,21H,1-5,10H2,(H,22,23). The molecule has 118 valence electrons. The number of nitrogens with zero attached hydrogens (tertiary/aromatic N) is 2. The minimum absolute atomic E-state index is 0.0148. The number of hydrogen-bond donors (Lipinski definition) is 2. The number of carbonyl (C=O) groups is 1. The number of anilines is 1. The molecule has 0 saturated heterocycles. The van der Waals surface area contributed by atoms with E-state index in [1.54, 1.807) is 12.1 Å². The fourth-order valence-corrected chi connectivity index (χ4v) is 2.67. The van der Waals surface area contributed by atoms with Gasteiger partial charge in [0.05, 0.1) is 6.42 Å². The molecule has 0 aromatic heterocycles. The first kappa shape index (κ1) is 16.6. The topological polar surface area (TPSA) is 88.7 Å². The van der Waals surface area contributed by atoms with Gasteiger partial charge in [0.2, 0.25) is 5.91 Å². The van der Waals surface area contributed by atoms with Crippen molar-refractivity contribution in [3.63, 3.8) is 0 Å². The van der Waals surface area contributed by atoms with E-state index >= 15 is 0 Å². The van der Waals surface area contributed by atoms with Crippen molar-refractivity contribution in [2.75, 3.05) is 5.32 Å². The zero-order valence-electron chi connectivity index (χ0n) is 13.0. The Morgan fingerprint density at radius 3 is 2.39 bits per heavy atom. The van der Waals surface area contributed by atoms with E-state index in [4.69, 9.17) is 10.5 Å². The third kappa shape index (κ3) is 5.48. The van der Waals surface area contributed by atoms with E-state index in [1.165, 1.54) is 25.5 Å². The highest BCUT2D eigenvalue weighted by Gasteiger charge is 2.15. The van der Waals surface area contributed by atoms with Crippen LogP contribution in [0.2, 0.25) is 0 Å². The van der Waals surface area contributed by atoms with Crippen molar-refractivity contribution in [2.24, 2.45) is 0 Å². The van der Waals surface area contributed by atoms with Gasteiger partial charge in [-0.1, -0.05) is 31.4 Å². The van der Waals surface area contributed by atoms with E-state index in [2.05, 4.69) is 10.6 Å². The lowest BCUT2D eigenvalue weighted by molar-refractivity contribution is -0.121. The maximum atomic E-state index is 12.1. The molecule has 1 aliphatic carbocycles. The van der Waals surface area contributed by atoms with Gasteiger partial charge in [-0.25, -0.2) is 0 Å². The van der Waals surface area contributed by atoms with Crippen LogP contribution in [0.25, 0.3) is 0 Å². The molecule has 0 aliphatic heterocycles. The van der Waals surface area contributed by atoms with E-state index in [9.17, 15) is 4.79 Å². The van der Waals surface area contributed by atoms with Crippen molar-refractivity contribution in [1.82, 2.24) is 5.32 Å². The monoisotopic (exact) mass is 308 g/mol. The van der Waals surface area contributed by atoms with Crippen molar-refractivity contribution in [1.29, 1.82) is 10.5 Å². The highest BCUT2D eigenvalue weighted by Crippen LogP contribution is 2.17. The molecular formula is C18H20N4O.